The van der Waals surface area contributed by atoms with Crippen molar-refractivity contribution in [1.82, 2.24) is 10.0 Å². The molecular formula is C7H12N4O2S. The van der Waals surface area contributed by atoms with Gasteiger partial charge in [0.05, 0.1) is 12.8 Å². The standard InChI is InChI=1S/C7H12N4O2S/c1-6(2)4-9-7(10-5-8)11-14(3,12)13/h1,4H2,2-3H3,(H2,9,10,11). The van der Waals surface area contributed by atoms with Gasteiger partial charge in [0, 0.05) is 0 Å². The first-order valence-electron chi connectivity index (χ1n) is 3.67. The maximum atomic E-state index is 10.8. The summed E-state index contributed by atoms with van der Waals surface area (Å²) in [6.07, 6.45) is 2.55. The van der Waals surface area contributed by atoms with Gasteiger partial charge in [-0.15, -0.1) is 0 Å². The Morgan fingerprint density at radius 2 is 2.21 bits per heavy atom. The Kier molecular flexibility index (Phi) is 4.66. The number of hydrogen-bond donors (Lipinski definition) is 2. The Morgan fingerprint density at radius 1 is 1.64 bits per heavy atom. The van der Waals surface area contributed by atoms with Crippen LogP contribution < -0.4 is 10.0 Å². The van der Waals surface area contributed by atoms with Crippen LogP contribution in [0.5, 0.6) is 0 Å². The van der Waals surface area contributed by atoms with E-state index in [2.05, 4.69) is 21.6 Å². The SMILES string of the molecule is C=C(C)CN=C(NC#N)NS(C)(=O)=O. The number of sulfonamides is 1. The minimum absolute atomic E-state index is 0.0991. The largest absolute Gasteiger partial charge is 0.262 e. The van der Waals surface area contributed by atoms with E-state index in [9.17, 15) is 8.42 Å². The van der Waals surface area contributed by atoms with Crippen molar-refractivity contribution >= 4 is 16.0 Å². The van der Waals surface area contributed by atoms with Gasteiger partial charge in [0.25, 0.3) is 0 Å². The van der Waals surface area contributed by atoms with Crippen molar-refractivity contribution in [3.8, 4) is 6.19 Å². The van der Waals surface area contributed by atoms with E-state index in [0.29, 0.717) is 0 Å². The molecule has 0 aliphatic heterocycles. The van der Waals surface area contributed by atoms with E-state index in [4.69, 9.17) is 5.26 Å². The normalized spacial score (nSPS) is 11.6. The zero-order valence-corrected chi connectivity index (χ0v) is 8.85. The molecule has 0 saturated heterocycles. The van der Waals surface area contributed by atoms with E-state index in [1.165, 1.54) is 0 Å². The Balaban J connectivity index is 4.53. The Hall–Kier alpha value is -1.55. The molecule has 0 spiro atoms. The second-order valence-corrected chi connectivity index (χ2v) is 4.48. The molecule has 0 radical (unpaired) electrons. The summed E-state index contributed by atoms with van der Waals surface area (Å²) >= 11 is 0. The molecule has 0 rings (SSSR count). The molecule has 14 heavy (non-hydrogen) atoms. The van der Waals surface area contributed by atoms with Gasteiger partial charge in [0.1, 0.15) is 0 Å². The molecule has 0 heterocycles. The zero-order valence-electron chi connectivity index (χ0n) is 8.03. The lowest BCUT2D eigenvalue weighted by Gasteiger charge is -2.04. The van der Waals surface area contributed by atoms with Crippen LogP contribution in [0, 0.1) is 11.5 Å². The van der Waals surface area contributed by atoms with Crippen molar-refractivity contribution in [3.63, 3.8) is 0 Å². The van der Waals surface area contributed by atoms with E-state index in [-0.39, 0.29) is 12.5 Å². The quantitative estimate of drug-likeness (QED) is 0.219. The van der Waals surface area contributed by atoms with Gasteiger partial charge in [-0.3, -0.25) is 10.0 Å². The highest BCUT2D eigenvalue weighted by atomic mass is 32.2. The summed E-state index contributed by atoms with van der Waals surface area (Å²) in [5.74, 6) is -0.0991. The molecule has 0 saturated carbocycles. The molecule has 0 atom stereocenters. The van der Waals surface area contributed by atoms with Crippen molar-refractivity contribution < 1.29 is 8.42 Å². The number of rotatable bonds is 3. The number of nitrogens with one attached hydrogen (secondary N) is 2. The first kappa shape index (κ1) is 12.4. The van der Waals surface area contributed by atoms with Crippen molar-refractivity contribution in [2.75, 3.05) is 12.8 Å². The minimum atomic E-state index is -3.42. The number of nitriles is 1. The first-order valence-corrected chi connectivity index (χ1v) is 5.56. The molecule has 2 N–H and O–H groups in total. The summed E-state index contributed by atoms with van der Waals surface area (Å²) in [6.45, 7) is 5.59. The molecule has 0 aromatic heterocycles. The van der Waals surface area contributed by atoms with Crippen LogP contribution in [0.2, 0.25) is 0 Å². The number of aliphatic imine (C=N–C) groups is 1. The molecule has 0 fully saturated rings. The molecule has 0 bridgehead atoms. The van der Waals surface area contributed by atoms with Crippen LogP contribution in [0.25, 0.3) is 0 Å². The summed E-state index contributed by atoms with van der Waals surface area (Å²) in [5.41, 5.74) is 0.762. The highest BCUT2D eigenvalue weighted by Crippen LogP contribution is 1.87. The maximum Gasteiger partial charge on any atom is 0.232 e. The molecule has 6 nitrogen and oxygen atoms in total. The highest BCUT2D eigenvalue weighted by Gasteiger charge is 2.04. The van der Waals surface area contributed by atoms with E-state index < -0.39 is 10.0 Å². The second-order valence-electron chi connectivity index (χ2n) is 2.73. The van der Waals surface area contributed by atoms with Gasteiger partial charge in [-0.05, 0) is 6.92 Å². The fourth-order valence-electron chi connectivity index (χ4n) is 0.540. The van der Waals surface area contributed by atoms with Gasteiger partial charge < -0.3 is 0 Å². The summed E-state index contributed by atoms with van der Waals surface area (Å²) in [6, 6.07) is 0. The van der Waals surface area contributed by atoms with E-state index in [1.807, 2.05) is 0 Å². The van der Waals surface area contributed by atoms with Gasteiger partial charge in [0.15, 0.2) is 6.19 Å². The number of nitrogens with zero attached hydrogens (tertiary/aromatic N) is 2. The third-order valence-electron chi connectivity index (χ3n) is 0.963. The van der Waals surface area contributed by atoms with Crippen LogP contribution >= 0.6 is 0 Å². The van der Waals surface area contributed by atoms with Crippen LogP contribution in [0.3, 0.4) is 0 Å². The van der Waals surface area contributed by atoms with E-state index >= 15 is 0 Å². The van der Waals surface area contributed by atoms with Crippen LogP contribution in [-0.4, -0.2) is 27.2 Å². The average molecular weight is 216 g/mol. The third kappa shape index (κ3) is 7.12. The van der Waals surface area contributed by atoms with Gasteiger partial charge >= 0.3 is 0 Å². The molecule has 0 aromatic rings. The zero-order chi connectivity index (χ0) is 11.2. The summed E-state index contributed by atoms with van der Waals surface area (Å²) in [7, 11) is -3.42. The highest BCUT2D eigenvalue weighted by molar-refractivity contribution is 7.89. The van der Waals surface area contributed by atoms with E-state index in [1.54, 1.807) is 13.1 Å². The predicted molar refractivity (Wildman–Crippen MR) is 53.8 cm³/mol. The van der Waals surface area contributed by atoms with Gasteiger partial charge in [-0.25, -0.2) is 13.4 Å². The lowest BCUT2D eigenvalue weighted by molar-refractivity contribution is 0.598. The van der Waals surface area contributed by atoms with Crippen LogP contribution in [-0.2, 0) is 10.0 Å². The molecule has 0 aliphatic rings. The van der Waals surface area contributed by atoms with Crippen molar-refractivity contribution in [1.29, 1.82) is 5.26 Å². The molecule has 0 aromatic carbocycles. The lowest BCUT2D eigenvalue weighted by Crippen LogP contribution is -2.38. The Morgan fingerprint density at radius 3 is 2.57 bits per heavy atom. The summed E-state index contributed by atoms with van der Waals surface area (Å²) in [4.78, 5) is 3.79. The van der Waals surface area contributed by atoms with Gasteiger partial charge in [0.2, 0.25) is 16.0 Å². The topological polar surface area (TPSA) is 94.3 Å². The Labute approximate surface area is 83.4 Å². The van der Waals surface area contributed by atoms with Crippen molar-refractivity contribution in [3.05, 3.63) is 12.2 Å². The smallest absolute Gasteiger partial charge is 0.232 e. The molecule has 0 unspecified atom stereocenters. The maximum absolute atomic E-state index is 10.8. The molecule has 7 heteroatoms. The number of guanidine groups is 1. The first-order chi connectivity index (χ1) is 6.35. The lowest BCUT2D eigenvalue weighted by atomic mass is 10.4. The summed E-state index contributed by atoms with van der Waals surface area (Å²) in [5, 5.41) is 10.4. The van der Waals surface area contributed by atoms with Crippen molar-refractivity contribution in [2.24, 2.45) is 4.99 Å². The average Bonchev–Trinajstić information content (AvgIpc) is 1.98. The predicted octanol–water partition coefficient (Wildman–Crippen LogP) is -0.462. The van der Waals surface area contributed by atoms with Crippen molar-refractivity contribution in [2.45, 2.75) is 6.92 Å². The van der Waals surface area contributed by atoms with Crippen LogP contribution in [0.15, 0.2) is 17.1 Å². The summed E-state index contributed by atoms with van der Waals surface area (Å²) < 4.78 is 23.7. The Bertz CT molecular complexity index is 377. The molecule has 78 valence electrons. The van der Waals surface area contributed by atoms with E-state index in [0.717, 1.165) is 11.8 Å². The fraction of sp³-hybridized carbons (Fsp3) is 0.429. The van der Waals surface area contributed by atoms with Gasteiger partial charge in [-0.1, -0.05) is 12.2 Å². The van der Waals surface area contributed by atoms with Crippen LogP contribution in [0.1, 0.15) is 6.92 Å². The van der Waals surface area contributed by atoms with Crippen LogP contribution in [0.4, 0.5) is 0 Å². The third-order valence-corrected chi connectivity index (χ3v) is 1.53. The number of hydrogen-bond acceptors (Lipinski definition) is 4. The molecular weight excluding hydrogens is 204 g/mol. The molecule has 0 amide bonds. The minimum Gasteiger partial charge on any atom is -0.262 e. The van der Waals surface area contributed by atoms with Gasteiger partial charge in [-0.2, -0.15) is 5.26 Å². The molecule has 0 aliphatic carbocycles. The fourth-order valence-corrected chi connectivity index (χ4v) is 1.01. The monoisotopic (exact) mass is 216 g/mol. The second kappa shape index (κ2) is 5.24.